The van der Waals surface area contributed by atoms with Crippen LogP contribution in [0.2, 0.25) is 0 Å². The summed E-state index contributed by atoms with van der Waals surface area (Å²) in [5.41, 5.74) is 11.4. The van der Waals surface area contributed by atoms with Crippen LogP contribution >= 0.6 is 0 Å². The molecule has 2 unspecified atom stereocenters. The first kappa shape index (κ1) is 12.8. The molecule has 0 aromatic heterocycles. The summed E-state index contributed by atoms with van der Waals surface area (Å²) < 4.78 is 0. The van der Waals surface area contributed by atoms with Gasteiger partial charge in [0.15, 0.2) is 0 Å². The Morgan fingerprint density at radius 3 is 1.62 bits per heavy atom. The Morgan fingerprint density at radius 2 is 1.31 bits per heavy atom. The SMILES string of the molecule is CCCNC(N)NC(N)NCCC. The molecule has 0 saturated heterocycles. The molecule has 0 aliphatic carbocycles. The zero-order valence-corrected chi connectivity index (χ0v) is 8.64. The van der Waals surface area contributed by atoms with Crippen molar-refractivity contribution in [2.75, 3.05) is 13.1 Å². The maximum atomic E-state index is 5.69. The molecule has 7 N–H and O–H groups in total. The fraction of sp³-hybridized carbons (Fsp3) is 1.00. The smallest absolute Gasteiger partial charge is 0.111 e. The minimum Gasteiger partial charge on any atom is -0.304 e. The van der Waals surface area contributed by atoms with Crippen LogP contribution < -0.4 is 27.4 Å². The molecule has 0 spiro atoms. The first-order chi connectivity index (χ1) is 6.20. The highest BCUT2D eigenvalue weighted by atomic mass is 15.3. The van der Waals surface area contributed by atoms with Gasteiger partial charge in [-0.2, -0.15) is 0 Å². The molecule has 13 heavy (non-hydrogen) atoms. The monoisotopic (exact) mass is 189 g/mol. The highest BCUT2D eigenvalue weighted by Gasteiger charge is 2.04. The summed E-state index contributed by atoms with van der Waals surface area (Å²) in [6.45, 7) is 5.98. The summed E-state index contributed by atoms with van der Waals surface area (Å²) in [5.74, 6) is 0. The van der Waals surface area contributed by atoms with Crippen LogP contribution in [0.1, 0.15) is 26.7 Å². The molecule has 2 atom stereocenters. The van der Waals surface area contributed by atoms with Crippen molar-refractivity contribution in [2.45, 2.75) is 39.3 Å². The molecule has 0 amide bonds. The molecule has 0 aromatic carbocycles. The number of hydrogen-bond acceptors (Lipinski definition) is 5. The molecule has 0 saturated carbocycles. The summed E-state index contributed by atoms with van der Waals surface area (Å²) >= 11 is 0. The van der Waals surface area contributed by atoms with Crippen molar-refractivity contribution in [3.8, 4) is 0 Å². The summed E-state index contributed by atoms with van der Waals surface area (Å²) in [6.07, 6.45) is 1.65. The van der Waals surface area contributed by atoms with Crippen LogP contribution in [0.4, 0.5) is 0 Å². The van der Waals surface area contributed by atoms with Gasteiger partial charge in [-0.3, -0.25) is 16.0 Å². The molecule has 0 fully saturated rings. The van der Waals surface area contributed by atoms with Crippen LogP contribution in [0, 0.1) is 0 Å². The van der Waals surface area contributed by atoms with Gasteiger partial charge in [-0.25, -0.2) is 0 Å². The van der Waals surface area contributed by atoms with E-state index < -0.39 is 0 Å². The van der Waals surface area contributed by atoms with Crippen LogP contribution in [0.5, 0.6) is 0 Å². The molecule has 0 radical (unpaired) electrons. The second-order valence-electron chi connectivity index (χ2n) is 3.03. The first-order valence-electron chi connectivity index (χ1n) is 4.94. The van der Waals surface area contributed by atoms with Crippen LogP contribution in [0.15, 0.2) is 0 Å². The van der Waals surface area contributed by atoms with Crippen LogP contribution in [0.3, 0.4) is 0 Å². The van der Waals surface area contributed by atoms with Gasteiger partial charge in [0.2, 0.25) is 0 Å². The van der Waals surface area contributed by atoms with Gasteiger partial charge in [0, 0.05) is 0 Å². The maximum absolute atomic E-state index is 5.69. The van der Waals surface area contributed by atoms with E-state index in [1.807, 2.05) is 0 Å². The van der Waals surface area contributed by atoms with Gasteiger partial charge in [-0.05, 0) is 25.9 Å². The maximum Gasteiger partial charge on any atom is 0.111 e. The summed E-state index contributed by atoms with van der Waals surface area (Å²) in [5, 5.41) is 9.16. The second-order valence-corrected chi connectivity index (χ2v) is 3.03. The van der Waals surface area contributed by atoms with Gasteiger partial charge < -0.3 is 11.5 Å². The zero-order chi connectivity index (χ0) is 10.1. The Labute approximate surface area is 80.6 Å². The third-order valence-electron chi connectivity index (χ3n) is 1.59. The minimum absolute atomic E-state index is 0.237. The molecule has 0 bridgehead atoms. The average molecular weight is 189 g/mol. The third kappa shape index (κ3) is 8.14. The molecule has 0 aliphatic rings. The molecule has 0 aliphatic heterocycles. The lowest BCUT2D eigenvalue weighted by Crippen LogP contribution is -2.61. The van der Waals surface area contributed by atoms with Crippen molar-refractivity contribution in [1.29, 1.82) is 0 Å². The Balaban J connectivity index is 3.35. The zero-order valence-electron chi connectivity index (χ0n) is 8.64. The van der Waals surface area contributed by atoms with E-state index in [-0.39, 0.29) is 12.6 Å². The van der Waals surface area contributed by atoms with E-state index in [1.165, 1.54) is 0 Å². The lowest BCUT2D eigenvalue weighted by atomic mass is 10.5. The summed E-state index contributed by atoms with van der Waals surface area (Å²) in [4.78, 5) is 0. The second kappa shape index (κ2) is 8.40. The topological polar surface area (TPSA) is 88.1 Å². The van der Waals surface area contributed by atoms with Crippen LogP contribution in [0.25, 0.3) is 0 Å². The van der Waals surface area contributed by atoms with E-state index in [2.05, 4.69) is 29.8 Å². The Hall–Kier alpha value is -0.200. The molecule has 0 rings (SSSR count). The molecule has 5 heteroatoms. The van der Waals surface area contributed by atoms with E-state index in [0.29, 0.717) is 0 Å². The summed E-state index contributed by atoms with van der Waals surface area (Å²) in [6, 6.07) is 0. The number of hydrogen-bond donors (Lipinski definition) is 5. The largest absolute Gasteiger partial charge is 0.304 e. The molecular weight excluding hydrogens is 166 g/mol. The fourth-order valence-electron chi connectivity index (χ4n) is 0.911. The standard InChI is InChI=1S/C8H23N5/c1-3-5-11-7(9)13-8(10)12-6-4-2/h7-8,11-13H,3-6,9-10H2,1-2H3. The van der Waals surface area contributed by atoms with Crippen molar-refractivity contribution in [1.82, 2.24) is 16.0 Å². The van der Waals surface area contributed by atoms with Gasteiger partial charge in [0.1, 0.15) is 12.6 Å². The van der Waals surface area contributed by atoms with Gasteiger partial charge >= 0.3 is 0 Å². The Morgan fingerprint density at radius 1 is 0.923 bits per heavy atom. The van der Waals surface area contributed by atoms with E-state index in [4.69, 9.17) is 11.5 Å². The normalized spacial score (nSPS) is 15.7. The molecule has 0 heterocycles. The average Bonchev–Trinajstić information content (AvgIpc) is 2.11. The van der Waals surface area contributed by atoms with Gasteiger partial charge in [-0.1, -0.05) is 13.8 Å². The van der Waals surface area contributed by atoms with Crippen molar-refractivity contribution >= 4 is 0 Å². The molecule has 0 aromatic rings. The Bertz CT molecular complexity index is 96.7. The number of nitrogens with two attached hydrogens (primary N) is 2. The van der Waals surface area contributed by atoms with Gasteiger partial charge in [0.25, 0.3) is 0 Å². The third-order valence-corrected chi connectivity index (χ3v) is 1.59. The van der Waals surface area contributed by atoms with Crippen molar-refractivity contribution in [3.05, 3.63) is 0 Å². The minimum atomic E-state index is -0.237. The lowest BCUT2D eigenvalue weighted by molar-refractivity contribution is 0.342. The van der Waals surface area contributed by atoms with Gasteiger partial charge in [0.05, 0.1) is 0 Å². The van der Waals surface area contributed by atoms with Crippen LogP contribution in [-0.2, 0) is 0 Å². The predicted molar refractivity (Wildman–Crippen MR) is 55.7 cm³/mol. The van der Waals surface area contributed by atoms with E-state index in [9.17, 15) is 0 Å². The number of rotatable bonds is 8. The molecule has 80 valence electrons. The predicted octanol–water partition coefficient (Wildman–Crippen LogP) is -0.940. The quantitative estimate of drug-likeness (QED) is 0.318. The van der Waals surface area contributed by atoms with E-state index in [1.54, 1.807) is 0 Å². The Kier molecular flexibility index (Phi) is 8.27. The molecule has 5 nitrogen and oxygen atoms in total. The van der Waals surface area contributed by atoms with E-state index in [0.717, 1.165) is 25.9 Å². The number of nitrogens with one attached hydrogen (secondary N) is 3. The van der Waals surface area contributed by atoms with Crippen molar-refractivity contribution in [2.24, 2.45) is 11.5 Å². The van der Waals surface area contributed by atoms with Crippen molar-refractivity contribution < 1.29 is 0 Å². The highest BCUT2D eigenvalue weighted by molar-refractivity contribution is 4.61. The highest BCUT2D eigenvalue weighted by Crippen LogP contribution is 1.74. The van der Waals surface area contributed by atoms with Gasteiger partial charge in [-0.15, -0.1) is 0 Å². The fourth-order valence-corrected chi connectivity index (χ4v) is 0.911. The van der Waals surface area contributed by atoms with Crippen molar-refractivity contribution in [3.63, 3.8) is 0 Å². The lowest BCUT2D eigenvalue weighted by Gasteiger charge is -2.21. The van der Waals surface area contributed by atoms with Crippen LogP contribution in [-0.4, -0.2) is 25.7 Å². The first-order valence-corrected chi connectivity index (χ1v) is 4.94. The molecular formula is C8H23N5. The summed E-state index contributed by atoms with van der Waals surface area (Å²) in [7, 11) is 0. The van der Waals surface area contributed by atoms with E-state index >= 15 is 0 Å².